The minimum absolute atomic E-state index is 0.524. The zero-order valence-electron chi connectivity index (χ0n) is 20.6. The van der Waals surface area contributed by atoms with E-state index in [0.29, 0.717) is 11.0 Å². The molecule has 0 amide bonds. The Hall–Kier alpha value is -3.16. The topological polar surface area (TPSA) is 96.3 Å². The molecule has 0 aliphatic carbocycles. The predicted molar refractivity (Wildman–Crippen MR) is 144 cm³/mol. The summed E-state index contributed by atoms with van der Waals surface area (Å²) in [4.78, 5) is 7.26. The van der Waals surface area contributed by atoms with Crippen LogP contribution in [-0.2, 0) is 10.9 Å². The molecular formula is C26H28Cl2N8O. The van der Waals surface area contributed by atoms with Gasteiger partial charge in [-0.2, -0.15) is 19.3 Å². The normalized spacial score (nSPS) is 16.9. The molecule has 0 aromatic carbocycles. The van der Waals surface area contributed by atoms with Crippen LogP contribution in [0.1, 0.15) is 31.2 Å². The molecule has 9 nitrogen and oxygen atoms in total. The standard InChI is InChI=1S/C26H28N8.Cl2O/c1-32-17-22(16-30-32)20-12-23(25-21(13-27)15-31-34(25)18-20)19-2-3-24(29-14-19)33-10-6-26(7-11-33)4-8-28-9-5-26;1-3-2/h2-3,12,14-18,28H,4-11H2,1H3;. The van der Waals surface area contributed by atoms with Crippen molar-refractivity contribution in [2.75, 3.05) is 31.1 Å². The molecule has 192 valence electrons. The van der Waals surface area contributed by atoms with Crippen LogP contribution in [-0.4, -0.2) is 50.6 Å². The molecule has 0 bridgehead atoms. The van der Waals surface area contributed by atoms with Gasteiger partial charge in [0.15, 0.2) is 0 Å². The van der Waals surface area contributed by atoms with Crippen LogP contribution in [0.2, 0.25) is 0 Å². The summed E-state index contributed by atoms with van der Waals surface area (Å²) in [6.45, 7) is 4.43. The van der Waals surface area contributed by atoms with E-state index in [1.807, 2.05) is 31.8 Å². The van der Waals surface area contributed by atoms with Gasteiger partial charge in [-0.05, 0) is 62.4 Å². The van der Waals surface area contributed by atoms with Crippen LogP contribution in [0.15, 0.2) is 49.2 Å². The second-order valence-corrected chi connectivity index (χ2v) is 10.2. The van der Waals surface area contributed by atoms with E-state index < -0.39 is 0 Å². The summed E-state index contributed by atoms with van der Waals surface area (Å²) in [5.74, 6) is 1.03. The maximum Gasteiger partial charge on any atom is 0.128 e. The van der Waals surface area contributed by atoms with Crippen molar-refractivity contribution < 1.29 is 3.84 Å². The van der Waals surface area contributed by atoms with E-state index in [-0.39, 0.29) is 0 Å². The Kier molecular flexibility index (Phi) is 7.63. The highest BCUT2D eigenvalue weighted by molar-refractivity contribution is 6.24. The first-order valence-electron chi connectivity index (χ1n) is 12.3. The molecule has 0 radical (unpaired) electrons. The number of hydrogen-bond acceptors (Lipinski definition) is 7. The van der Waals surface area contributed by atoms with Gasteiger partial charge in [-0.15, -0.1) is 0 Å². The number of aryl methyl sites for hydroxylation is 1. The molecule has 1 spiro atoms. The lowest BCUT2D eigenvalue weighted by molar-refractivity contribution is 0.154. The summed E-state index contributed by atoms with van der Waals surface area (Å²) in [6.07, 6.45) is 14.4. The summed E-state index contributed by atoms with van der Waals surface area (Å²) >= 11 is 8.53. The SMILES string of the molecule is ClOCl.Cn1cc(-c2cc(-c3ccc(N4CCC5(CCNCC5)CC4)nc3)c3c(C#N)cnn3c2)cn1. The van der Waals surface area contributed by atoms with E-state index in [1.165, 1.54) is 25.7 Å². The van der Waals surface area contributed by atoms with Crippen LogP contribution in [0.25, 0.3) is 27.8 Å². The molecule has 11 heteroatoms. The van der Waals surface area contributed by atoms with Gasteiger partial charge in [-0.25, -0.2) is 9.50 Å². The highest BCUT2D eigenvalue weighted by Crippen LogP contribution is 2.40. The number of pyridine rings is 2. The van der Waals surface area contributed by atoms with Crippen molar-refractivity contribution in [3.05, 3.63) is 54.7 Å². The van der Waals surface area contributed by atoms with Gasteiger partial charge < -0.3 is 10.2 Å². The maximum atomic E-state index is 9.66. The Labute approximate surface area is 225 Å². The highest BCUT2D eigenvalue weighted by Gasteiger charge is 2.35. The summed E-state index contributed by atoms with van der Waals surface area (Å²) in [6, 6.07) is 8.62. The van der Waals surface area contributed by atoms with Crippen LogP contribution in [0.5, 0.6) is 0 Å². The summed E-state index contributed by atoms with van der Waals surface area (Å²) in [5, 5.41) is 21.9. The van der Waals surface area contributed by atoms with Crippen molar-refractivity contribution in [2.24, 2.45) is 12.5 Å². The average Bonchev–Trinajstić information content (AvgIpc) is 3.56. The minimum Gasteiger partial charge on any atom is -0.357 e. The molecule has 2 aliphatic heterocycles. The lowest BCUT2D eigenvalue weighted by Gasteiger charge is -2.44. The van der Waals surface area contributed by atoms with Crippen molar-refractivity contribution in [2.45, 2.75) is 25.7 Å². The quantitative estimate of drug-likeness (QED) is 0.394. The lowest BCUT2D eigenvalue weighted by Crippen LogP contribution is -2.45. The molecule has 6 heterocycles. The predicted octanol–water partition coefficient (Wildman–Crippen LogP) is 4.95. The molecule has 0 atom stereocenters. The maximum absolute atomic E-state index is 9.66. The average molecular weight is 539 g/mol. The number of nitriles is 1. The number of anilines is 1. The number of fused-ring (bicyclic) bond motifs is 1. The van der Waals surface area contributed by atoms with Crippen LogP contribution < -0.4 is 10.2 Å². The highest BCUT2D eigenvalue weighted by atomic mass is 35.6. The smallest absolute Gasteiger partial charge is 0.128 e. The van der Waals surface area contributed by atoms with E-state index >= 15 is 0 Å². The fourth-order valence-corrected chi connectivity index (χ4v) is 5.55. The van der Waals surface area contributed by atoms with Crippen LogP contribution >= 0.6 is 23.7 Å². The van der Waals surface area contributed by atoms with Gasteiger partial charge >= 0.3 is 0 Å². The van der Waals surface area contributed by atoms with Crippen LogP contribution in [0.4, 0.5) is 5.82 Å². The molecule has 2 saturated heterocycles. The molecule has 0 saturated carbocycles. The van der Waals surface area contributed by atoms with Gasteiger partial charge in [0, 0.05) is 61.0 Å². The van der Waals surface area contributed by atoms with Crippen LogP contribution in [0, 0.1) is 16.7 Å². The van der Waals surface area contributed by atoms with Crippen molar-refractivity contribution in [3.63, 3.8) is 0 Å². The molecule has 4 aromatic heterocycles. The van der Waals surface area contributed by atoms with E-state index in [1.54, 1.807) is 15.4 Å². The van der Waals surface area contributed by atoms with E-state index in [9.17, 15) is 5.26 Å². The monoisotopic (exact) mass is 538 g/mol. The third-order valence-corrected chi connectivity index (χ3v) is 7.64. The number of nitrogens with zero attached hydrogens (tertiary/aromatic N) is 7. The molecule has 2 aliphatic rings. The van der Waals surface area contributed by atoms with E-state index in [4.69, 9.17) is 4.98 Å². The van der Waals surface area contributed by atoms with Crippen LogP contribution in [0.3, 0.4) is 0 Å². The van der Waals surface area contributed by atoms with Crippen molar-refractivity contribution in [1.29, 1.82) is 5.26 Å². The number of piperidine rings is 2. The van der Waals surface area contributed by atoms with Gasteiger partial charge in [-0.3, -0.25) is 4.68 Å². The first kappa shape index (κ1) is 25.5. The summed E-state index contributed by atoms with van der Waals surface area (Å²) < 4.78 is 6.76. The fourth-order valence-electron chi connectivity index (χ4n) is 5.55. The Morgan fingerprint density at radius 2 is 1.73 bits per heavy atom. The number of rotatable bonds is 3. The molecule has 4 aromatic rings. The van der Waals surface area contributed by atoms with Crippen molar-refractivity contribution in [3.8, 4) is 28.3 Å². The first-order valence-corrected chi connectivity index (χ1v) is 12.9. The molecular weight excluding hydrogens is 511 g/mol. The number of halogens is 2. The van der Waals surface area contributed by atoms with Gasteiger partial charge in [-0.1, -0.05) is 0 Å². The van der Waals surface area contributed by atoms with E-state index in [0.717, 1.165) is 59.8 Å². The van der Waals surface area contributed by atoms with Gasteiger partial charge in [0.05, 0.1) is 47.2 Å². The summed E-state index contributed by atoms with van der Waals surface area (Å²) in [5.41, 5.74) is 5.80. The second kappa shape index (κ2) is 11.1. The minimum atomic E-state index is 0.524. The second-order valence-electron chi connectivity index (χ2n) is 9.71. The molecule has 0 unspecified atom stereocenters. The van der Waals surface area contributed by atoms with E-state index in [2.05, 4.69) is 72.3 Å². The Balaban J connectivity index is 0.000000892. The molecule has 37 heavy (non-hydrogen) atoms. The largest absolute Gasteiger partial charge is 0.357 e. The number of hydrogen-bond donors (Lipinski definition) is 1. The van der Waals surface area contributed by atoms with Crippen molar-refractivity contribution >= 4 is 35.1 Å². The first-order chi connectivity index (χ1) is 18.1. The Bertz CT molecular complexity index is 1390. The number of aromatic nitrogens is 5. The summed E-state index contributed by atoms with van der Waals surface area (Å²) in [7, 11) is 1.90. The zero-order valence-corrected chi connectivity index (χ0v) is 22.1. The molecule has 6 rings (SSSR count). The van der Waals surface area contributed by atoms with Gasteiger partial charge in [0.2, 0.25) is 0 Å². The van der Waals surface area contributed by atoms with Crippen molar-refractivity contribution in [1.82, 2.24) is 29.7 Å². The third kappa shape index (κ3) is 5.29. The van der Waals surface area contributed by atoms with Gasteiger partial charge in [0.25, 0.3) is 0 Å². The number of nitrogens with one attached hydrogen (secondary N) is 1. The Morgan fingerprint density at radius 1 is 0.973 bits per heavy atom. The lowest BCUT2D eigenvalue weighted by atomic mass is 9.71. The molecule has 2 fully saturated rings. The Morgan fingerprint density at radius 3 is 2.35 bits per heavy atom. The fraction of sp³-hybridized carbons (Fsp3) is 0.385. The zero-order chi connectivity index (χ0) is 25.8. The third-order valence-electron chi connectivity index (χ3n) is 7.64. The van der Waals surface area contributed by atoms with Gasteiger partial charge in [0.1, 0.15) is 11.9 Å². The molecule has 1 N–H and O–H groups in total.